The van der Waals surface area contributed by atoms with E-state index < -0.39 is 73.1 Å². The molecule has 2 saturated heterocycles. The minimum Gasteiger partial charge on any atom is -0.374 e. The Morgan fingerprint density at radius 3 is 1.09 bits per heavy atom. The molecular weight excluding hydrogens is 1020 g/mol. The molecule has 0 unspecified atom stereocenters. The molecule has 3 fully saturated rings. The van der Waals surface area contributed by atoms with Gasteiger partial charge in [-0.15, -0.1) is 0 Å². The Bertz CT molecular complexity index is 2760. The van der Waals surface area contributed by atoms with Crippen molar-refractivity contribution >= 4 is 15.9 Å². The monoisotopic (exact) mass is 1090 g/mol. The van der Waals surface area contributed by atoms with E-state index in [1.807, 2.05) is 220 Å². The van der Waals surface area contributed by atoms with Gasteiger partial charge in [0.1, 0.15) is 61.0 Å². The van der Waals surface area contributed by atoms with Gasteiger partial charge in [0.15, 0.2) is 12.1 Å². The summed E-state index contributed by atoms with van der Waals surface area (Å²) in [7, 11) is 0. The lowest BCUT2D eigenvalue weighted by atomic mass is 9.83. The zero-order chi connectivity index (χ0) is 51.9. The molecule has 0 radical (unpaired) electrons. The predicted molar refractivity (Wildman–Crippen MR) is 291 cm³/mol. The molecule has 76 heavy (non-hydrogen) atoms. The lowest BCUT2D eigenvalue weighted by Gasteiger charge is -2.50. The van der Waals surface area contributed by atoms with E-state index in [9.17, 15) is 0 Å². The van der Waals surface area contributed by atoms with Crippen LogP contribution in [0.25, 0.3) is 0 Å². The van der Waals surface area contributed by atoms with Crippen LogP contribution < -0.4 is 0 Å². The molecule has 396 valence electrons. The molecular formula is C64H67BrO11. The number of rotatable bonds is 24. The molecule has 7 aromatic carbocycles. The molecule has 7 aromatic rings. The zero-order valence-electron chi connectivity index (χ0n) is 43.0. The third-order valence-electron chi connectivity index (χ3n) is 13.8. The molecule has 11 nitrogen and oxygen atoms in total. The van der Waals surface area contributed by atoms with E-state index in [4.69, 9.17) is 52.1 Å². The quantitative estimate of drug-likeness (QED) is 0.0578. The van der Waals surface area contributed by atoms with Gasteiger partial charge >= 0.3 is 0 Å². The highest BCUT2D eigenvalue weighted by Gasteiger charge is 2.62. The van der Waals surface area contributed by atoms with Crippen LogP contribution in [0.3, 0.4) is 0 Å². The first-order chi connectivity index (χ1) is 37.3. The maximum absolute atomic E-state index is 7.63. The maximum Gasteiger partial charge on any atom is 0.187 e. The van der Waals surface area contributed by atoms with Gasteiger partial charge < -0.3 is 52.1 Å². The summed E-state index contributed by atoms with van der Waals surface area (Å²) in [4.78, 5) is 0. The van der Waals surface area contributed by atoms with Crippen LogP contribution in [0, 0.1) is 0 Å². The fourth-order valence-electron chi connectivity index (χ4n) is 10.1. The molecule has 0 N–H and O–H groups in total. The fraction of sp³-hybridized carbons (Fsp3) is 0.344. The highest BCUT2D eigenvalue weighted by molar-refractivity contribution is 9.10. The van der Waals surface area contributed by atoms with E-state index in [0.717, 1.165) is 43.4 Å². The van der Waals surface area contributed by atoms with E-state index in [1.54, 1.807) is 0 Å². The number of halogens is 1. The van der Waals surface area contributed by atoms with Gasteiger partial charge in [-0.1, -0.05) is 210 Å². The summed E-state index contributed by atoms with van der Waals surface area (Å²) >= 11 is 3.59. The summed E-state index contributed by atoms with van der Waals surface area (Å²) in [6.45, 7) is 5.90. The van der Waals surface area contributed by atoms with Crippen molar-refractivity contribution in [1.82, 2.24) is 0 Å². The van der Waals surface area contributed by atoms with Crippen LogP contribution in [-0.4, -0.2) is 79.7 Å². The Labute approximate surface area is 455 Å². The number of fused-ring (bicyclic) bond motifs is 1. The molecule has 3 aliphatic rings. The fourth-order valence-corrected chi connectivity index (χ4v) is 10.4. The first-order valence-electron chi connectivity index (χ1n) is 26.2. The maximum atomic E-state index is 7.63. The molecule has 1 saturated carbocycles. The van der Waals surface area contributed by atoms with Crippen LogP contribution in [0.1, 0.15) is 52.8 Å². The third kappa shape index (κ3) is 14.6. The lowest BCUT2D eigenvalue weighted by Crippen LogP contribution is -2.68. The summed E-state index contributed by atoms with van der Waals surface area (Å²) in [5, 5.41) is 0. The number of hydrogen-bond acceptors (Lipinski definition) is 11. The van der Waals surface area contributed by atoms with Crippen LogP contribution in [0.15, 0.2) is 211 Å². The van der Waals surface area contributed by atoms with Crippen molar-refractivity contribution < 1.29 is 52.1 Å². The minimum absolute atomic E-state index is 0.150. The van der Waals surface area contributed by atoms with E-state index in [0.29, 0.717) is 6.61 Å². The van der Waals surface area contributed by atoms with Gasteiger partial charge in [-0.3, -0.25) is 0 Å². The summed E-state index contributed by atoms with van der Waals surface area (Å²) in [5.74, 6) is -1.05. The van der Waals surface area contributed by atoms with Crippen molar-refractivity contribution in [3.63, 3.8) is 0 Å². The molecule has 1 aliphatic carbocycles. The number of hydrogen-bond donors (Lipinski definition) is 0. The average molecular weight is 1090 g/mol. The summed E-state index contributed by atoms with van der Waals surface area (Å²) in [6.07, 6.45) is -8.60. The molecule has 0 spiro atoms. The van der Waals surface area contributed by atoms with Crippen molar-refractivity contribution in [3.8, 4) is 0 Å². The largest absolute Gasteiger partial charge is 0.374 e. The summed E-state index contributed by atoms with van der Waals surface area (Å²) in [6, 6.07) is 68.7. The molecule has 0 bridgehead atoms. The van der Waals surface area contributed by atoms with Gasteiger partial charge in [0.2, 0.25) is 0 Å². The minimum atomic E-state index is -1.10. The SMILES string of the molecule is CC1(C)O[C@@H]2[C@H](OCc3ccc(Br)cc3)[C@@H](OCc3ccccc3)[C@H](OCc3ccccc3)[C@@H](O[C@H]3O[C@H](COCc4ccccc4)[C@@H](OCc4ccccc4)[C@H](OCc4ccccc4)[C@@H]3OCc3ccccc3)[C@@H]2O1. The Morgan fingerprint density at radius 2 is 0.671 bits per heavy atom. The van der Waals surface area contributed by atoms with Crippen LogP contribution in [0.5, 0.6) is 0 Å². The second-order valence-corrected chi connectivity index (χ2v) is 20.8. The first kappa shape index (κ1) is 54.0. The highest BCUT2D eigenvalue weighted by Crippen LogP contribution is 2.44. The third-order valence-corrected chi connectivity index (χ3v) is 14.4. The molecule has 12 heteroatoms. The molecule has 0 aromatic heterocycles. The van der Waals surface area contributed by atoms with Crippen LogP contribution in [0.2, 0.25) is 0 Å². The Kier molecular flexibility index (Phi) is 19.0. The van der Waals surface area contributed by atoms with Gasteiger partial charge in [-0.05, 0) is 64.9 Å². The van der Waals surface area contributed by atoms with Crippen LogP contribution >= 0.6 is 15.9 Å². The van der Waals surface area contributed by atoms with Gasteiger partial charge in [0.25, 0.3) is 0 Å². The topological polar surface area (TPSA) is 102 Å². The zero-order valence-corrected chi connectivity index (χ0v) is 44.6. The first-order valence-corrected chi connectivity index (χ1v) is 27.0. The van der Waals surface area contributed by atoms with Gasteiger partial charge in [-0.2, -0.15) is 0 Å². The summed E-state index contributed by atoms with van der Waals surface area (Å²) < 4.78 is 79.1. The van der Waals surface area contributed by atoms with Crippen molar-refractivity contribution in [3.05, 3.63) is 250 Å². The van der Waals surface area contributed by atoms with Gasteiger partial charge in [-0.25, -0.2) is 0 Å². The van der Waals surface area contributed by atoms with E-state index in [1.165, 1.54) is 0 Å². The second kappa shape index (κ2) is 26.8. The second-order valence-electron chi connectivity index (χ2n) is 19.9. The molecule has 10 rings (SSSR count). The summed E-state index contributed by atoms with van der Waals surface area (Å²) in [5.41, 5.74) is 6.93. The van der Waals surface area contributed by atoms with E-state index in [2.05, 4.69) is 15.9 Å². The number of benzene rings is 7. The van der Waals surface area contributed by atoms with Crippen molar-refractivity contribution in [2.75, 3.05) is 6.61 Å². The number of ether oxygens (including phenoxy) is 11. The average Bonchev–Trinajstić information content (AvgIpc) is 3.88. The normalized spacial score (nSPS) is 26.0. The van der Waals surface area contributed by atoms with Crippen molar-refractivity contribution in [2.24, 2.45) is 0 Å². The molecule has 2 heterocycles. The van der Waals surface area contributed by atoms with Gasteiger partial charge in [0, 0.05) is 4.47 Å². The standard InChI is InChI=1S/C64H67BrO11/c1-64(2)75-60-58(71-43-51-33-35-52(65)36-34-51)56(69-40-48-27-15-6-16-28-48)57(70-41-49-29-17-7-18-30-49)59(61(60)76-64)74-63-62(72-42-50-31-19-8-20-32-50)55(68-39-47-25-13-5-14-26-47)54(67-38-46-23-11-4-12-24-46)53(73-63)44-66-37-45-21-9-3-10-22-45/h3-36,53-63H,37-44H2,1-2H3/t53-,54-,55+,56+,57+,58-,59-,60-,61+,62+,63-/m1/s1. The molecule has 11 atom stereocenters. The van der Waals surface area contributed by atoms with E-state index in [-0.39, 0.29) is 46.2 Å². The highest BCUT2D eigenvalue weighted by atomic mass is 79.9. The van der Waals surface area contributed by atoms with Gasteiger partial charge in [0.05, 0.1) is 52.9 Å². The van der Waals surface area contributed by atoms with Crippen molar-refractivity contribution in [1.29, 1.82) is 0 Å². The molecule has 2 aliphatic heterocycles. The van der Waals surface area contributed by atoms with Crippen LogP contribution in [0.4, 0.5) is 0 Å². The lowest BCUT2D eigenvalue weighted by molar-refractivity contribution is -0.357. The Hall–Kier alpha value is -5.42. The van der Waals surface area contributed by atoms with Crippen molar-refractivity contribution in [2.45, 2.75) is 133 Å². The Morgan fingerprint density at radius 1 is 0.355 bits per heavy atom. The predicted octanol–water partition coefficient (Wildman–Crippen LogP) is 12.1. The Balaban J connectivity index is 1.06. The smallest absolute Gasteiger partial charge is 0.187 e. The van der Waals surface area contributed by atoms with Crippen LogP contribution in [-0.2, 0) is 98.4 Å². The van der Waals surface area contributed by atoms with E-state index >= 15 is 0 Å². The molecule has 0 amide bonds.